The van der Waals surface area contributed by atoms with Gasteiger partial charge in [-0.15, -0.1) is 11.3 Å². The summed E-state index contributed by atoms with van der Waals surface area (Å²) in [6.07, 6.45) is 10.6. The van der Waals surface area contributed by atoms with Crippen LogP contribution in [0.15, 0.2) is 40.7 Å². The van der Waals surface area contributed by atoms with Gasteiger partial charge in [-0.3, -0.25) is 0 Å². The molecule has 0 amide bonds. The van der Waals surface area contributed by atoms with Gasteiger partial charge in [-0.05, 0) is 98.2 Å². The van der Waals surface area contributed by atoms with Gasteiger partial charge < -0.3 is 4.90 Å². The number of aliphatic imine (C=N–C) groups is 1. The van der Waals surface area contributed by atoms with Crippen LogP contribution >= 0.6 is 11.3 Å². The van der Waals surface area contributed by atoms with Crippen molar-refractivity contribution < 1.29 is 0 Å². The van der Waals surface area contributed by atoms with Gasteiger partial charge in [0.2, 0.25) is 0 Å². The van der Waals surface area contributed by atoms with Gasteiger partial charge in [-0.1, -0.05) is 18.2 Å². The third-order valence-electron chi connectivity index (χ3n) is 6.91. The average molecular weight is 444 g/mol. The molecule has 4 heteroatoms. The first kappa shape index (κ1) is 21.4. The number of nitrogens with zero attached hydrogens (tertiary/aromatic N) is 3. The zero-order valence-electron chi connectivity index (χ0n) is 19.5. The van der Waals surface area contributed by atoms with Crippen molar-refractivity contribution in [3.63, 3.8) is 0 Å². The van der Waals surface area contributed by atoms with E-state index in [0.717, 1.165) is 24.3 Å². The minimum atomic E-state index is 0.698. The molecular formula is C28H33N3S. The van der Waals surface area contributed by atoms with Gasteiger partial charge in [0, 0.05) is 31.0 Å². The van der Waals surface area contributed by atoms with E-state index in [1.165, 1.54) is 76.9 Å². The fourth-order valence-electron chi connectivity index (χ4n) is 4.66. The highest BCUT2D eigenvalue weighted by atomic mass is 32.1. The number of rotatable bonds is 7. The molecule has 2 aliphatic rings. The van der Waals surface area contributed by atoms with Gasteiger partial charge in [-0.25, -0.2) is 9.98 Å². The summed E-state index contributed by atoms with van der Waals surface area (Å²) < 4.78 is 0. The molecule has 1 aromatic heterocycles. The second-order valence-electron chi connectivity index (χ2n) is 9.42. The molecular weight excluding hydrogens is 410 g/mol. The molecule has 3 aromatic rings. The molecule has 0 saturated heterocycles. The highest BCUT2D eigenvalue weighted by Gasteiger charge is 2.27. The smallest absolute Gasteiger partial charge is 0.0976 e. The van der Waals surface area contributed by atoms with Crippen LogP contribution in [0, 0.1) is 6.92 Å². The lowest BCUT2D eigenvalue weighted by Crippen LogP contribution is -2.14. The molecule has 1 heterocycles. The second kappa shape index (κ2) is 9.19. The molecule has 5 rings (SSSR count). The Balaban J connectivity index is 1.39. The fourth-order valence-corrected chi connectivity index (χ4v) is 5.49. The third-order valence-corrected chi connectivity index (χ3v) is 7.75. The van der Waals surface area contributed by atoms with Crippen LogP contribution in [0.4, 0.5) is 5.69 Å². The fraction of sp³-hybridized carbons (Fsp3) is 0.429. The van der Waals surface area contributed by atoms with E-state index in [4.69, 9.17) is 9.98 Å². The van der Waals surface area contributed by atoms with Crippen LogP contribution in [0.2, 0.25) is 0 Å². The van der Waals surface area contributed by atoms with E-state index in [0.29, 0.717) is 5.92 Å². The Labute approximate surface area is 196 Å². The highest BCUT2D eigenvalue weighted by molar-refractivity contribution is 7.10. The topological polar surface area (TPSA) is 28.5 Å². The van der Waals surface area contributed by atoms with Gasteiger partial charge in [0.05, 0.1) is 22.7 Å². The van der Waals surface area contributed by atoms with Crippen molar-refractivity contribution in [1.82, 2.24) is 9.88 Å². The van der Waals surface area contributed by atoms with Crippen molar-refractivity contribution >= 4 is 23.4 Å². The molecule has 2 aromatic carbocycles. The van der Waals surface area contributed by atoms with Crippen LogP contribution in [-0.4, -0.2) is 29.8 Å². The van der Waals surface area contributed by atoms with Gasteiger partial charge >= 0.3 is 0 Å². The summed E-state index contributed by atoms with van der Waals surface area (Å²) in [5, 5.41) is 3.45. The average Bonchev–Trinajstić information content (AvgIpc) is 3.55. The molecule has 0 spiro atoms. The van der Waals surface area contributed by atoms with E-state index in [1.807, 2.05) is 6.34 Å². The van der Waals surface area contributed by atoms with Crippen molar-refractivity contribution in [2.24, 2.45) is 4.99 Å². The minimum Gasteiger partial charge on any atom is -0.366 e. The molecule has 0 unspecified atom stereocenters. The first-order chi connectivity index (χ1) is 15.6. The summed E-state index contributed by atoms with van der Waals surface area (Å²) in [4.78, 5) is 11.9. The molecule has 32 heavy (non-hydrogen) atoms. The number of thiazole rings is 1. The lowest BCUT2D eigenvalue weighted by atomic mass is 9.90. The van der Waals surface area contributed by atoms with Gasteiger partial charge in [0.1, 0.15) is 0 Å². The van der Waals surface area contributed by atoms with Crippen molar-refractivity contribution in [3.05, 3.63) is 68.5 Å². The summed E-state index contributed by atoms with van der Waals surface area (Å²) in [5.74, 6) is 0.698. The minimum absolute atomic E-state index is 0.698. The number of hydrogen-bond acceptors (Lipinski definition) is 3. The number of aryl methyl sites for hydroxylation is 3. The molecule has 3 nitrogen and oxygen atoms in total. The Kier molecular flexibility index (Phi) is 6.14. The summed E-state index contributed by atoms with van der Waals surface area (Å²) in [5.41, 5.74) is 10.7. The standard InChI is InChI=1S/C28H33N3S/c1-4-31(3)18-29-26-16-25(21-10-11-21)24(13-19(26)2)15-28-30-27(17-32-28)23-12-9-20-7-5-6-8-22(20)14-23/h9,12-14,16-18,21H,4-8,10-11,15H2,1-3H3. The Bertz CT molecular complexity index is 1140. The van der Waals surface area contributed by atoms with Crippen LogP contribution in [-0.2, 0) is 19.3 Å². The molecule has 0 aliphatic heterocycles. The molecule has 166 valence electrons. The monoisotopic (exact) mass is 443 g/mol. The summed E-state index contributed by atoms with van der Waals surface area (Å²) >= 11 is 1.80. The lowest BCUT2D eigenvalue weighted by molar-refractivity contribution is 0.552. The Morgan fingerprint density at radius 1 is 1.12 bits per heavy atom. The SMILES string of the molecule is CCN(C)C=Nc1cc(C2CC2)c(Cc2nc(-c3ccc4c(c3)CCCC4)cs2)cc1C. The van der Waals surface area contributed by atoms with Crippen molar-refractivity contribution in [2.45, 2.75) is 64.7 Å². The van der Waals surface area contributed by atoms with E-state index in [9.17, 15) is 0 Å². The summed E-state index contributed by atoms with van der Waals surface area (Å²) in [6.45, 7) is 5.29. The molecule has 1 fully saturated rings. The second-order valence-corrected chi connectivity index (χ2v) is 10.4. The summed E-state index contributed by atoms with van der Waals surface area (Å²) in [6, 6.07) is 11.7. The van der Waals surface area contributed by atoms with Crippen LogP contribution in [0.25, 0.3) is 11.3 Å². The van der Waals surface area contributed by atoms with E-state index in [-0.39, 0.29) is 0 Å². The number of fused-ring (bicyclic) bond motifs is 1. The molecule has 1 saturated carbocycles. The lowest BCUT2D eigenvalue weighted by Gasteiger charge is -2.16. The summed E-state index contributed by atoms with van der Waals surface area (Å²) in [7, 11) is 2.07. The number of hydrogen-bond donors (Lipinski definition) is 0. The Morgan fingerprint density at radius 3 is 2.72 bits per heavy atom. The van der Waals surface area contributed by atoms with E-state index < -0.39 is 0 Å². The Morgan fingerprint density at radius 2 is 1.94 bits per heavy atom. The highest BCUT2D eigenvalue weighted by Crippen LogP contribution is 2.44. The van der Waals surface area contributed by atoms with Gasteiger partial charge in [0.15, 0.2) is 0 Å². The molecule has 0 radical (unpaired) electrons. The van der Waals surface area contributed by atoms with E-state index in [2.05, 4.69) is 61.5 Å². The quantitative estimate of drug-likeness (QED) is 0.288. The third kappa shape index (κ3) is 4.66. The predicted octanol–water partition coefficient (Wildman–Crippen LogP) is 7.08. The molecule has 0 bridgehead atoms. The predicted molar refractivity (Wildman–Crippen MR) is 137 cm³/mol. The molecule has 2 aliphatic carbocycles. The number of aromatic nitrogens is 1. The van der Waals surface area contributed by atoms with Crippen LogP contribution in [0.3, 0.4) is 0 Å². The largest absolute Gasteiger partial charge is 0.366 e. The first-order valence-corrected chi connectivity index (χ1v) is 12.9. The van der Waals surface area contributed by atoms with Crippen LogP contribution in [0.1, 0.15) is 71.3 Å². The zero-order chi connectivity index (χ0) is 22.1. The molecule has 0 N–H and O–H groups in total. The number of benzene rings is 2. The Hall–Kier alpha value is -2.46. The van der Waals surface area contributed by atoms with Crippen molar-refractivity contribution in [2.75, 3.05) is 13.6 Å². The van der Waals surface area contributed by atoms with E-state index >= 15 is 0 Å². The van der Waals surface area contributed by atoms with Gasteiger partial charge in [0.25, 0.3) is 0 Å². The van der Waals surface area contributed by atoms with Crippen molar-refractivity contribution in [1.29, 1.82) is 0 Å². The van der Waals surface area contributed by atoms with E-state index in [1.54, 1.807) is 11.3 Å². The zero-order valence-corrected chi connectivity index (χ0v) is 20.3. The maximum absolute atomic E-state index is 5.05. The van der Waals surface area contributed by atoms with Crippen molar-refractivity contribution in [3.8, 4) is 11.3 Å². The van der Waals surface area contributed by atoms with Crippen LogP contribution in [0.5, 0.6) is 0 Å². The maximum atomic E-state index is 5.05. The maximum Gasteiger partial charge on any atom is 0.0976 e. The first-order valence-electron chi connectivity index (χ1n) is 12.0. The molecule has 0 atom stereocenters. The van der Waals surface area contributed by atoms with Crippen LogP contribution < -0.4 is 0 Å². The van der Waals surface area contributed by atoms with Gasteiger partial charge in [-0.2, -0.15) is 0 Å². The normalized spacial score (nSPS) is 15.8.